The van der Waals surface area contributed by atoms with Crippen molar-refractivity contribution in [2.45, 2.75) is 38.2 Å². The molecule has 2 aliphatic carbocycles. The molecule has 0 N–H and O–H groups in total. The van der Waals surface area contributed by atoms with Crippen molar-refractivity contribution in [3.8, 4) is 0 Å². The standard InChI is InChI=1S/C19H25N3O/c1-13-20-8-17-10-23-12-19(18(17)21-13)4-5-22(11-19)9-16-7-14-2-3-15(16)6-14/h2-3,8,14-16H,4-7,9-12H2,1H3/t14-,15+,16-,19?/m1/s1. The van der Waals surface area contributed by atoms with Gasteiger partial charge in [-0.05, 0) is 50.5 Å². The van der Waals surface area contributed by atoms with Gasteiger partial charge in [0.25, 0.3) is 0 Å². The summed E-state index contributed by atoms with van der Waals surface area (Å²) in [6, 6.07) is 0. The van der Waals surface area contributed by atoms with Gasteiger partial charge in [-0.2, -0.15) is 0 Å². The van der Waals surface area contributed by atoms with Crippen LogP contribution >= 0.6 is 0 Å². The molecule has 1 spiro atoms. The molecule has 0 amide bonds. The molecular weight excluding hydrogens is 286 g/mol. The summed E-state index contributed by atoms with van der Waals surface area (Å²) < 4.78 is 5.92. The Morgan fingerprint density at radius 2 is 2.30 bits per heavy atom. The predicted molar refractivity (Wildman–Crippen MR) is 88.0 cm³/mol. The number of allylic oxidation sites excluding steroid dienone is 2. The molecule has 23 heavy (non-hydrogen) atoms. The molecule has 1 saturated heterocycles. The summed E-state index contributed by atoms with van der Waals surface area (Å²) >= 11 is 0. The molecular formula is C19H25N3O. The van der Waals surface area contributed by atoms with Crippen LogP contribution in [0.5, 0.6) is 0 Å². The van der Waals surface area contributed by atoms with E-state index in [-0.39, 0.29) is 5.41 Å². The molecule has 4 aliphatic rings. The Balaban J connectivity index is 1.36. The Bertz CT molecular complexity index is 658. The SMILES string of the molecule is Cc1ncc2c(n1)C1(CCN(C[C@H]3C[C@@H]4C=C[C@H]3C4)C1)COC2. The van der Waals surface area contributed by atoms with Crippen LogP contribution in [-0.4, -0.2) is 41.1 Å². The van der Waals surface area contributed by atoms with E-state index in [1.807, 2.05) is 13.1 Å². The van der Waals surface area contributed by atoms with Gasteiger partial charge in [-0.3, -0.25) is 0 Å². The fourth-order valence-electron chi connectivity index (χ4n) is 5.35. The number of hydrogen-bond donors (Lipinski definition) is 0. The Morgan fingerprint density at radius 3 is 3.13 bits per heavy atom. The van der Waals surface area contributed by atoms with E-state index in [2.05, 4.69) is 22.0 Å². The predicted octanol–water partition coefficient (Wildman–Crippen LogP) is 2.47. The van der Waals surface area contributed by atoms with Crippen LogP contribution in [0.15, 0.2) is 18.3 Å². The van der Waals surface area contributed by atoms with Gasteiger partial charge in [-0.15, -0.1) is 0 Å². The van der Waals surface area contributed by atoms with Crippen molar-refractivity contribution in [1.82, 2.24) is 14.9 Å². The van der Waals surface area contributed by atoms with E-state index in [9.17, 15) is 0 Å². The first-order valence-electron chi connectivity index (χ1n) is 9.03. The molecule has 1 saturated carbocycles. The lowest BCUT2D eigenvalue weighted by Crippen LogP contribution is -2.41. The third-order valence-corrected chi connectivity index (χ3v) is 6.47. The molecule has 0 radical (unpaired) electrons. The number of rotatable bonds is 2. The Morgan fingerprint density at radius 1 is 1.35 bits per heavy atom. The second-order valence-electron chi connectivity index (χ2n) is 8.09. The molecule has 4 atom stereocenters. The first-order valence-corrected chi connectivity index (χ1v) is 9.03. The van der Waals surface area contributed by atoms with Crippen molar-refractivity contribution >= 4 is 0 Å². The molecule has 4 heteroatoms. The second-order valence-corrected chi connectivity index (χ2v) is 8.09. The molecule has 3 heterocycles. The zero-order valence-electron chi connectivity index (χ0n) is 13.9. The van der Waals surface area contributed by atoms with Gasteiger partial charge in [-0.25, -0.2) is 9.97 Å². The molecule has 5 rings (SSSR count). The third kappa shape index (κ3) is 2.26. The van der Waals surface area contributed by atoms with Crippen molar-refractivity contribution in [2.24, 2.45) is 17.8 Å². The van der Waals surface area contributed by atoms with E-state index in [1.54, 1.807) is 0 Å². The lowest BCUT2D eigenvalue weighted by molar-refractivity contribution is 0.0495. The van der Waals surface area contributed by atoms with Crippen LogP contribution in [0.1, 0.15) is 36.3 Å². The molecule has 4 nitrogen and oxygen atoms in total. The van der Waals surface area contributed by atoms with Crippen molar-refractivity contribution in [3.63, 3.8) is 0 Å². The molecule has 2 fully saturated rings. The maximum Gasteiger partial charge on any atom is 0.125 e. The average Bonchev–Trinajstić information content (AvgIpc) is 3.25. The zero-order valence-corrected chi connectivity index (χ0v) is 13.9. The van der Waals surface area contributed by atoms with Crippen molar-refractivity contribution in [3.05, 3.63) is 35.4 Å². The number of aryl methyl sites for hydroxylation is 1. The van der Waals surface area contributed by atoms with Crippen LogP contribution in [-0.2, 0) is 16.8 Å². The molecule has 1 unspecified atom stereocenters. The van der Waals surface area contributed by atoms with Crippen molar-refractivity contribution < 1.29 is 4.74 Å². The third-order valence-electron chi connectivity index (χ3n) is 6.47. The molecule has 0 aromatic carbocycles. The summed E-state index contributed by atoms with van der Waals surface area (Å²) in [5, 5.41) is 0. The quantitative estimate of drug-likeness (QED) is 0.787. The van der Waals surface area contributed by atoms with Gasteiger partial charge in [0, 0.05) is 24.8 Å². The number of likely N-dealkylation sites (tertiary alicyclic amines) is 1. The van der Waals surface area contributed by atoms with Gasteiger partial charge < -0.3 is 9.64 Å². The number of nitrogens with zero attached hydrogens (tertiary/aromatic N) is 3. The van der Waals surface area contributed by atoms with Gasteiger partial charge in [0.2, 0.25) is 0 Å². The first kappa shape index (κ1) is 14.1. The van der Waals surface area contributed by atoms with E-state index < -0.39 is 0 Å². The van der Waals surface area contributed by atoms with E-state index in [1.165, 1.54) is 43.6 Å². The topological polar surface area (TPSA) is 38.2 Å². The summed E-state index contributed by atoms with van der Waals surface area (Å²) in [6.07, 6.45) is 10.9. The monoisotopic (exact) mass is 311 g/mol. The first-order chi connectivity index (χ1) is 11.2. The molecule has 122 valence electrons. The lowest BCUT2D eigenvalue weighted by Gasteiger charge is -2.35. The molecule has 2 bridgehead atoms. The minimum atomic E-state index is 0.106. The van der Waals surface area contributed by atoms with Gasteiger partial charge in [-0.1, -0.05) is 12.2 Å². The minimum absolute atomic E-state index is 0.106. The van der Waals surface area contributed by atoms with Gasteiger partial charge in [0.05, 0.1) is 24.3 Å². The summed E-state index contributed by atoms with van der Waals surface area (Å²) in [4.78, 5) is 11.9. The smallest absolute Gasteiger partial charge is 0.125 e. The second kappa shape index (κ2) is 5.12. The summed E-state index contributed by atoms with van der Waals surface area (Å²) in [5.41, 5.74) is 2.58. The van der Waals surface area contributed by atoms with E-state index in [0.717, 1.165) is 36.7 Å². The van der Waals surface area contributed by atoms with Crippen LogP contribution < -0.4 is 0 Å². The molecule has 1 aromatic rings. The van der Waals surface area contributed by atoms with Gasteiger partial charge >= 0.3 is 0 Å². The van der Waals surface area contributed by atoms with Crippen LogP contribution in [0.2, 0.25) is 0 Å². The number of aromatic nitrogens is 2. The highest BCUT2D eigenvalue weighted by Gasteiger charge is 2.46. The lowest BCUT2D eigenvalue weighted by atomic mass is 9.80. The molecule has 2 aliphatic heterocycles. The summed E-state index contributed by atoms with van der Waals surface area (Å²) in [5.74, 6) is 3.48. The van der Waals surface area contributed by atoms with Crippen molar-refractivity contribution in [1.29, 1.82) is 0 Å². The minimum Gasteiger partial charge on any atom is -0.376 e. The summed E-state index contributed by atoms with van der Waals surface area (Å²) in [6.45, 7) is 7.04. The number of fused-ring (bicyclic) bond motifs is 4. The van der Waals surface area contributed by atoms with Crippen LogP contribution in [0.3, 0.4) is 0 Å². The maximum absolute atomic E-state index is 5.92. The van der Waals surface area contributed by atoms with E-state index >= 15 is 0 Å². The average molecular weight is 311 g/mol. The Kier molecular flexibility index (Phi) is 3.14. The highest BCUT2D eigenvalue weighted by atomic mass is 16.5. The number of ether oxygens (including phenoxy) is 1. The number of hydrogen-bond acceptors (Lipinski definition) is 4. The van der Waals surface area contributed by atoms with E-state index in [0.29, 0.717) is 6.61 Å². The molecule has 1 aromatic heterocycles. The van der Waals surface area contributed by atoms with Gasteiger partial charge in [0.1, 0.15) is 5.82 Å². The Labute approximate surface area is 138 Å². The van der Waals surface area contributed by atoms with Crippen LogP contribution in [0, 0.1) is 24.7 Å². The highest BCUT2D eigenvalue weighted by molar-refractivity contribution is 5.30. The fourth-order valence-corrected chi connectivity index (χ4v) is 5.35. The maximum atomic E-state index is 5.92. The largest absolute Gasteiger partial charge is 0.376 e. The zero-order chi connectivity index (χ0) is 15.4. The normalized spacial score (nSPS) is 38.6. The Hall–Kier alpha value is -1.26. The van der Waals surface area contributed by atoms with Crippen molar-refractivity contribution in [2.75, 3.05) is 26.2 Å². The fraction of sp³-hybridized carbons (Fsp3) is 0.684. The highest BCUT2D eigenvalue weighted by Crippen LogP contribution is 2.45. The van der Waals surface area contributed by atoms with E-state index in [4.69, 9.17) is 9.72 Å². The van der Waals surface area contributed by atoms with Crippen LogP contribution in [0.4, 0.5) is 0 Å². The van der Waals surface area contributed by atoms with Gasteiger partial charge in [0.15, 0.2) is 0 Å². The van der Waals surface area contributed by atoms with Crippen LogP contribution in [0.25, 0.3) is 0 Å². The summed E-state index contributed by atoms with van der Waals surface area (Å²) in [7, 11) is 0.